The van der Waals surface area contributed by atoms with Crippen LogP contribution in [0, 0.1) is 5.82 Å². The summed E-state index contributed by atoms with van der Waals surface area (Å²) in [5.41, 5.74) is 0.286. The molecule has 0 bridgehead atoms. The summed E-state index contributed by atoms with van der Waals surface area (Å²) < 4.78 is 61.2. The minimum absolute atomic E-state index is 0.0151. The molecule has 3 aromatic rings. The number of hydrogen-bond acceptors (Lipinski definition) is 7. The standard InChI is InChI=1S/C19H19F4N5O3/c1-18(2,3)13-8-14(28-17(26-13)24-9-25-28)27-15(16(29)30-4)10-5-6-12(11(20)7-10)31-19(21,22)23/h5-9,15,27H,1-4H3. The SMILES string of the molecule is COC(=O)C(Nc1cc(C(C)(C)C)nc2ncnn12)c1ccc(OC(F)(F)F)c(F)c1. The third-order valence-corrected chi connectivity index (χ3v) is 4.26. The summed E-state index contributed by atoms with van der Waals surface area (Å²) in [4.78, 5) is 20.9. The summed E-state index contributed by atoms with van der Waals surface area (Å²) in [6.07, 6.45) is -3.78. The number of carbonyl (C=O) groups is 1. The van der Waals surface area contributed by atoms with Crippen molar-refractivity contribution in [1.29, 1.82) is 0 Å². The maximum absolute atomic E-state index is 14.2. The lowest BCUT2D eigenvalue weighted by molar-refractivity contribution is -0.275. The largest absolute Gasteiger partial charge is 0.573 e. The van der Waals surface area contributed by atoms with Gasteiger partial charge in [-0.25, -0.2) is 14.2 Å². The van der Waals surface area contributed by atoms with E-state index in [1.54, 1.807) is 6.07 Å². The zero-order chi connectivity index (χ0) is 23.0. The van der Waals surface area contributed by atoms with Crippen molar-refractivity contribution in [2.75, 3.05) is 12.4 Å². The van der Waals surface area contributed by atoms with Gasteiger partial charge in [-0.05, 0) is 17.7 Å². The molecule has 1 aromatic carbocycles. The summed E-state index contributed by atoms with van der Waals surface area (Å²) in [7, 11) is 1.13. The Labute approximate surface area is 174 Å². The molecule has 31 heavy (non-hydrogen) atoms. The molecule has 166 valence electrons. The van der Waals surface area contributed by atoms with Crippen LogP contribution in [0.5, 0.6) is 5.75 Å². The van der Waals surface area contributed by atoms with Crippen molar-refractivity contribution >= 4 is 17.6 Å². The predicted molar refractivity (Wildman–Crippen MR) is 101 cm³/mol. The molecular formula is C19H19F4N5O3. The van der Waals surface area contributed by atoms with Crippen LogP contribution in [0.25, 0.3) is 5.78 Å². The Kier molecular flexibility index (Phi) is 5.74. The van der Waals surface area contributed by atoms with Crippen molar-refractivity contribution in [3.8, 4) is 5.75 Å². The first-order valence-electron chi connectivity index (χ1n) is 9.00. The van der Waals surface area contributed by atoms with E-state index >= 15 is 0 Å². The fraction of sp³-hybridized carbons (Fsp3) is 0.368. The molecule has 0 fully saturated rings. The van der Waals surface area contributed by atoms with Crippen LogP contribution in [0.3, 0.4) is 0 Å². The van der Waals surface area contributed by atoms with Crippen molar-refractivity contribution in [3.63, 3.8) is 0 Å². The number of esters is 1. The van der Waals surface area contributed by atoms with Crippen molar-refractivity contribution in [1.82, 2.24) is 19.6 Å². The maximum Gasteiger partial charge on any atom is 0.573 e. The summed E-state index contributed by atoms with van der Waals surface area (Å²) in [6, 6.07) is 3.06. The van der Waals surface area contributed by atoms with Gasteiger partial charge in [-0.15, -0.1) is 13.2 Å². The number of methoxy groups -OCH3 is 1. The monoisotopic (exact) mass is 441 g/mol. The Morgan fingerprint density at radius 2 is 1.90 bits per heavy atom. The summed E-state index contributed by atoms with van der Waals surface area (Å²) in [6.45, 7) is 5.79. The second-order valence-electron chi connectivity index (χ2n) is 7.59. The Morgan fingerprint density at radius 3 is 2.48 bits per heavy atom. The van der Waals surface area contributed by atoms with E-state index in [2.05, 4.69) is 25.1 Å². The van der Waals surface area contributed by atoms with Gasteiger partial charge in [-0.2, -0.15) is 14.6 Å². The maximum atomic E-state index is 14.2. The number of fused-ring (bicyclic) bond motifs is 1. The van der Waals surface area contributed by atoms with Crippen LogP contribution < -0.4 is 10.1 Å². The zero-order valence-electron chi connectivity index (χ0n) is 17.0. The average molecular weight is 441 g/mol. The van der Waals surface area contributed by atoms with Gasteiger partial charge in [0, 0.05) is 11.5 Å². The first kappa shape index (κ1) is 22.2. The van der Waals surface area contributed by atoms with E-state index in [1.807, 2.05) is 20.8 Å². The Bertz CT molecular complexity index is 1110. The fourth-order valence-electron chi connectivity index (χ4n) is 2.75. The molecule has 1 atom stereocenters. The lowest BCUT2D eigenvalue weighted by Crippen LogP contribution is -2.25. The van der Waals surface area contributed by atoms with Crippen molar-refractivity contribution in [3.05, 3.63) is 47.7 Å². The number of benzene rings is 1. The van der Waals surface area contributed by atoms with E-state index in [0.29, 0.717) is 11.5 Å². The van der Waals surface area contributed by atoms with Crippen LogP contribution in [0.4, 0.5) is 23.4 Å². The number of halogens is 4. The van der Waals surface area contributed by atoms with E-state index in [4.69, 9.17) is 4.74 Å². The van der Waals surface area contributed by atoms with Gasteiger partial charge in [0.1, 0.15) is 12.1 Å². The normalized spacial score (nSPS) is 13.2. The lowest BCUT2D eigenvalue weighted by atomic mass is 9.92. The molecule has 8 nitrogen and oxygen atoms in total. The molecule has 0 aliphatic rings. The van der Waals surface area contributed by atoms with Crippen molar-refractivity contribution in [2.45, 2.75) is 38.6 Å². The molecule has 0 saturated heterocycles. The highest BCUT2D eigenvalue weighted by Crippen LogP contribution is 2.30. The quantitative estimate of drug-likeness (QED) is 0.476. The van der Waals surface area contributed by atoms with Gasteiger partial charge in [0.25, 0.3) is 5.78 Å². The predicted octanol–water partition coefficient (Wildman–Crippen LogP) is 3.79. The first-order chi connectivity index (χ1) is 14.4. The molecule has 1 unspecified atom stereocenters. The third-order valence-electron chi connectivity index (χ3n) is 4.26. The van der Waals surface area contributed by atoms with Gasteiger partial charge in [0.05, 0.1) is 12.8 Å². The van der Waals surface area contributed by atoms with Gasteiger partial charge in [-0.3, -0.25) is 0 Å². The molecule has 0 amide bonds. The Hall–Kier alpha value is -3.44. The summed E-state index contributed by atoms with van der Waals surface area (Å²) in [5, 5.41) is 6.95. The van der Waals surface area contributed by atoms with Crippen LogP contribution in [-0.4, -0.2) is 39.0 Å². The van der Waals surface area contributed by atoms with Gasteiger partial charge in [0.15, 0.2) is 17.6 Å². The fourth-order valence-corrected chi connectivity index (χ4v) is 2.75. The van der Waals surface area contributed by atoms with Gasteiger partial charge in [0.2, 0.25) is 0 Å². The second kappa shape index (κ2) is 8.00. The second-order valence-corrected chi connectivity index (χ2v) is 7.59. The molecule has 0 saturated carbocycles. The number of nitrogens with zero attached hydrogens (tertiary/aromatic N) is 4. The number of aromatic nitrogens is 4. The molecule has 0 aliphatic carbocycles. The molecule has 3 rings (SSSR count). The smallest absolute Gasteiger partial charge is 0.467 e. The van der Waals surface area contributed by atoms with Gasteiger partial charge < -0.3 is 14.8 Å². The van der Waals surface area contributed by atoms with E-state index < -0.39 is 29.9 Å². The number of rotatable bonds is 5. The highest BCUT2D eigenvalue weighted by molar-refractivity contribution is 5.81. The van der Waals surface area contributed by atoms with E-state index in [1.165, 1.54) is 10.8 Å². The summed E-state index contributed by atoms with van der Waals surface area (Å²) >= 11 is 0. The molecule has 0 aliphatic heterocycles. The molecule has 2 heterocycles. The van der Waals surface area contributed by atoms with E-state index in [0.717, 1.165) is 25.3 Å². The summed E-state index contributed by atoms with van der Waals surface area (Å²) in [5.74, 6) is -2.54. The Balaban J connectivity index is 2.03. The average Bonchev–Trinajstić information content (AvgIpc) is 3.14. The lowest BCUT2D eigenvalue weighted by Gasteiger charge is -2.22. The van der Waals surface area contributed by atoms with Crippen LogP contribution in [0.15, 0.2) is 30.6 Å². The number of hydrogen-bond donors (Lipinski definition) is 1. The van der Waals surface area contributed by atoms with Crippen molar-refractivity contribution in [2.24, 2.45) is 0 Å². The van der Waals surface area contributed by atoms with Gasteiger partial charge >= 0.3 is 12.3 Å². The van der Waals surface area contributed by atoms with Crippen LogP contribution in [-0.2, 0) is 14.9 Å². The molecule has 12 heteroatoms. The van der Waals surface area contributed by atoms with Crippen LogP contribution in [0.1, 0.15) is 38.1 Å². The molecule has 0 radical (unpaired) electrons. The molecule has 1 N–H and O–H groups in total. The van der Waals surface area contributed by atoms with E-state index in [9.17, 15) is 22.4 Å². The highest BCUT2D eigenvalue weighted by atomic mass is 19.4. The highest BCUT2D eigenvalue weighted by Gasteiger charge is 2.33. The zero-order valence-corrected chi connectivity index (χ0v) is 17.0. The van der Waals surface area contributed by atoms with Gasteiger partial charge in [-0.1, -0.05) is 26.8 Å². The number of carbonyl (C=O) groups excluding carboxylic acids is 1. The minimum Gasteiger partial charge on any atom is -0.467 e. The van der Waals surface area contributed by atoms with E-state index in [-0.39, 0.29) is 16.8 Å². The molecule has 2 aromatic heterocycles. The first-order valence-corrected chi connectivity index (χ1v) is 9.00. The minimum atomic E-state index is -5.05. The number of ether oxygens (including phenoxy) is 2. The number of anilines is 1. The van der Waals surface area contributed by atoms with Crippen molar-refractivity contribution < 1.29 is 31.8 Å². The van der Waals surface area contributed by atoms with Crippen LogP contribution >= 0.6 is 0 Å². The third kappa shape index (κ3) is 5.01. The number of alkyl halides is 3. The topological polar surface area (TPSA) is 90.6 Å². The Morgan fingerprint density at radius 1 is 1.19 bits per heavy atom. The van der Waals surface area contributed by atoms with Crippen LogP contribution in [0.2, 0.25) is 0 Å². The molecule has 0 spiro atoms. The molecular weight excluding hydrogens is 422 g/mol. The number of nitrogens with one attached hydrogen (secondary N) is 1.